The van der Waals surface area contributed by atoms with Gasteiger partial charge in [0, 0.05) is 6.42 Å². The Hall–Kier alpha value is -2.96. The van der Waals surface area contributed by atoms with Crippen molar-refractivity contribution in [1.82, 2.24) is 4.90 Å². The molecular weight excluding hydrogens is 418 g/mol. The summed E-state index contributed by atoms with van der Waals surface area (Å²) in [6.07, 6.45) is 4.63. The monoisotopic (exact) mass is 449 g/mol. The predicted octanol–water partition coefficient (Wildman–Crippen LogP) is 4.68. The van der Waals surface area contributed by atoms with Crippen molar-refractivity contribution in [2.45, 2.75) is 63.6 Å². The molecule has 2 aromatic carbocycles. The summed E-state index contributed by atoms with van der Waals surface area (Å²) >= 11 is 0. The van der Waals surface area contributed by atoms with Crippen LogP contribution in [0.15, 0.2) is 72.8 Å². The number of rotatable bonds is 8. The Morgan fingerprint density at radius 2 is 1.70 bits per heavy atom. The lowest BCUT2D eigenvalue weighted by molar-refractivity contribution is -0.153. The number of nitrogens with zero attached hydrogens (tertiary/aromatic N) is 1. The van der Waals surface area contributed by atoms with Gasteiger partial charge in [-0.05, 0) is 30.4 Å². The van der Waals surface area contributed by atoms with E-state index >= 15 is 0 Å². The number of hydrogen-bond donors (Lipinski definition) is 0. The number of carbonyl (C=O) groups excluding carboxylic acids is 2. The third-order valence-electron chi connectivity index (χ3n) is 6.14. The summed E-state index contributed by atoms with van der Waals surface area (Å²) < 4.78 is 17.7. The van der Waals surface area contributed by atoms with Gasteiger partial charge >= 0.3 is 6.09 Å². The largest absolute Gasteiger partial charge is 0.447 e. The Bertz CT molecular complexity index is 945. The van der Waals surface area contributed by atoms with E-state index in [2.05, 4.69) is 6.92 Å². The molecule has 6 nitrogen and oxygen atoms in total. The highest BCUT2D eigenvalue weighted by molar-refractivity contribution is 5.96. The molecule has 33 heavy (non-hydrogen) atoms. The van der Waals surface area contributed by atoms with Crippen LogP contribution < -0.4 is 0 Å². The molecule has 0 aliphatic carbocycles. The normalized spacial score (nSPS) is 23.7. The Labute approximate surface area is 195 Å². The van der Waals surface area contributed by atoms with E-state index in [9.17, 15) is 9.59 Å². The van der Waals surface area contributed by atoms with Crippen molar-refractivity contribution in [1.29, 1.82) is 0 Å². The third-order valence-corrected chi connectivity index (χ3v) is 6.14. The Balaban J connectivity index is 1.42. The van der Waals surface area contributed by atoms with Gasteiger partial charge in [0.05, 0.1) is 24.9 Å². The summed E-state index contributed by atoms with van der Waals surface area (Å²) in [5.74, 6) is -0.340. The Morgan fingerprint density at radius 3 is 2.39 bits per heavy atom. The van der Waals surface area contributed by atoms with Crippen LogP contribution in [0, 0.1) is 0 Å². The molecule has 1 saturated heterocycles. The van der Waals surface area contributed by atoms with Crippen LogP contribution in [-0.4, -0.2) is 47.9 Å². The van der Waals surface area contributed by atoms with Crippen molar-refractivity contribution in [2.75, 3.05) is 6.61 Å². The fourth-order valence-electron chi connectivity index (χ4n) is 4.36. The van der Waals surface area contributed by atoms with Gasteiger partial charge in [0.15, 0.2) is 0 Å². The average Bonchev–Trinajstić information content (AvgIpc) is 3.05. The quantitative estimate of drug-likeness (QED) is 0.548. The van der Waals surface area contributed by atoms with Gasteiger partial charge in [-0.1, -0.05) is 79.7 Å². The summed E-state index contributed by atoms with van der Waals surface area (Å²) in [6, 6.07) is 19.5. The summed E-state index contributed by atoms with van der Waals surface area (Å²) in [5.41, 5.74) is 2.15. The van der Waals surface area contributed by atoms with Crippen LogP contribution in [0.1, 0.15) is 37.3 Å². The molecule has 0 unspecified atom stereocenters. The van der Waals surface area contributed by atoms with Crippen LogP contribution in [0.2, 0.25) is 0 Å². The molecule has 4 atom stereocenters. The zero-order chi connectivity index (χ0) is 23.0. The first kappa shape index (κ1) is 23.2. The van der Waals surface area contributed by atoms with Crippen molar-refractivity contribution in [3.05, 3.63) is 83.9 Å². The van der Waals surface area contributed by atoms with Crippen LogP contribution in [0.5, 0.6) is 0 Å². The van der Waals surface area contributed by atoms with Crippen molar-refractivity contribution < 1.29 is 23.8 Å². The minimum Gasteiger partial charge on any atom is -0.447 e. The molecule has 0 aromatic heterocycles. The van der Waals surface area contributed by atoms with Gasteiger partial charge in [0.1, 0.15) is 12.7 Å². The van der Waals surface area contributed by atoms with E-state index in [1.807, 2.05) is 72.8 Å². The van der Waals surface area contributed by atoms with E-state index in [1.54, 1.807) is 0 Å². The van der Waals surface area contributed by atoms with Gasteiger partial charge in [-0.2, -0.15) is 0 Å². The summed E-state index contributed by atoms with van der Waals surface area (Å²) in [4.78, 5) is 27.1. The zero-order valence-electron chi connectivity index (χ0n) is 19.0. The van der Waals surface area contributed by atoms with E-state index in [-0.39, 0.29) is 30.8 Å². The van der Waals surface area contributed by atoms with Gasteiger partial charge < -0.3 is 14.2 Å². The van der Waals surface area contributed by atoms with Gasteiger partial charge in [-0.25, -0.2) is 9.69 Å². The molecule has 174 valence electrons. The van der Waals surface area contributed by atoms with Crippen LogP contribution in [0.4, 0.5) is 4.79 Å². The van der Waals surface area contributed by atoms with Crippen LogP contribution in [0.25, 0.3) is 0 Å². The second kappa shape index (κ2) is 11.3. The first-order valence-corrected chi connectivity index (χ1v) is 11.7. The molecule has 0 N–H and O–H groups in total. The highest BCUT2D eigenvalue weighted by atomic mass is 16.6. The van der Waals surface area contributed by atoms with Gasteiger partial charge in [0.2, 0.25) is 0 Å². The number of carbonyl (C=O) groups is 2. The first-order chi connectivity index (χ1) is 16.2. The topological polar surface area (TPSA) is 65.1 Å². The smallest absolute Gasteiger partial charge is 0.417 e. The molecule has 2 aliphatic heterocycles. The molecule has 0 bridgehead atoms. The molecule has 2 amide bonds. The number of cyclic esters (lactones) is 1. The molecule has 2 heterocycles. The fourth-order valence-corrected chi connectivity index (χ4v) is 4.36. The molecule has 6 heteroatoms. The SMILES string of the molecule is CC[C@@H](OCc1ccccc1)[C@H]1CC=CC[C@H](C(=O)N2C(=O)OC[C@@H]2Cc2ccccc2)O1. The number of hydrogen-bond acceptors (Lipinski definition) is 5. The maximum Gasteiger partial charge on any atom is 0.417 e. The van der Waals surface area contributed by atoms with Crippen molar-refractivity contribution in [3.8, 4) is 0 Å². The zero-order valence-corrected chi connectivity index (χ0v) is 19.0. The molecule has 0 saturated carbocycles. The van der Waals surface area contributed by atoms with Crippen molar-refractivity contribution in [3.63, 3.8) is 0 Å². The minimum absolute atomic E-state index is 0.158. The van der Waals surface area contributed by atoms with E-state index < -0.39 is 12.2 Å². The van der Waals surface area contributed by atoms with Gasteiger partial charge in [0.25, 0.3) is 5.91 Å². The van der Waals surface area contributed by atoms with E-state index in [0.717, 1.165) is 17.5 Å². The molecule has 4 rings (SSSR count). The average molecular weight is 450 g/mol. The highest BCUT2D eigenvalue weighted by Crippen LogP contribution is 2.25. The highest BCUT2D eigenvalue weighted by Gasteiger charge is 2.42. The maximum atomic E-state index is 13.4. The Kier molecular flexibility index (Phi) is 7.92. The molecule has 2 aromatic rings. The molecule has 2 aliphatic rings. The number of amides is 2. The van der Waals surface area contributed by atoms with Crippen LogP contribution in [-0.2, 0) is 32.0 Å². The molecule has 0 spiro atoms. The number of ether oxygens (including phenoxy) is 3. The summed E-state index contributed by atoms with van der Waals surface area (Å²) in [6.45, 7) is 2.74. The number of benzene rings is 2. The lowest BCUT2D eigenvalue weighted by Crippen LogP contribution is -2.48. The van der Waals surface area contributed by atoms with Crippen LogP contribution in [0.3, 0.4) is 0 Å². The fraction of sp³-hybridized carbons (Fsp3) is 0.407. The van der Waals surface area contributed by atoms with Crippen molar-refractivity contribution in [2.24, 2.45) is 0 Å². The van der Waals surface area contributed by atoms with E-state index in [0.29, 0.717) is 25.9 Å². The van der Waals surface area contributed by atoms with Crippen LogP contribution >= 0.6 is 0 Å². The summed E-state index contributed by atoms with van der Waals surface area (Å²) in [5, 5.41) is 0. The second-order valence-corrected chi connectivity index (χ2v) is 8.48. The maximum absolute atomic E-state index is 13.4. The first-order valence-electron chi connectivity index (χ1n) is 11.7. The predicted molar refractivity (Wildman–Crippen MR) is 124 cm³/mol. The molecule has 0 radical (unpaired) electrons. The van der Waals surface area contributed by atoms with E-state index in [1.165, 1.54) is 4.90 Å². The van der Waals surface area contributed by atoms with E-state index in [4.69, 9.17) is 14.2 Å². The Morgan fingerprint density at radius 1 is 1.03 bits per heavy atom. The molecule has 1 fully saturated rings. The molecular formula is C27H31NO5. The lowest BCUT2D eigenvalue weighted by Gasteiger charge is -2.30. The third kappa shape index (κ3) is 5.89. The van der Waals surface area contributed by atoms with Gasteiger partial charge in [-0.15, -0.1) is 0 Å². The number of imide groups is 1. The summed E-state index contributed by atoms with van der Waals surface area (Å²) in [7, 11) is 0. The van der Waals surface area contributed by atoms with Crippen molar-refractivity contribution >= 4 is 12.0 Å². The lowest BCUT2D eigenvalue weighted by atomic mass is 10.1. The second-order valence-electron chi connectivity index (χ2n) is 8.48. The standard InChI is InChI=1S/C27H31NO5/c1-2-23(31-18-21-13-7-4-8-14-21)24-15-9-10-16-25(33-24)26(29)28-22(19-32-27(28)30)17-20-11-5-3-6-12-20/h3-14,22-25H,2,15-19H2,1H3/t22-,23+,24+,25+/m0/s1. The van der Waals surface area contributed by atoms with Gasteiger partial charge in [-0.3, -0.25) is 4.79 Å². The minimum atomic E-state index is -0.743.